The van der Waals surface area contributed by atoms with Gasteiger partial charge in [0, 0.05) is 23.0 Å². The van der Waals surface area contributed by atoms with E-state index in [-0.39, 0.29) is 5.92 Å². The summed E-state index contributed by atoms with van der Waals surface area (Å²) in [6.45, 7) is 0.750. The molecule has 2 rings (SSSR count). The third-order valence-corrected chi connectivity index (χ3v) is 3.73. The number of hydrogen-bond acceptors (Lipinski definition) is 1. The van der Waals surface area contributed by atoms with E-state index >= 15 is 0 Å². The first kappa shape index (κ1) is 15.1. The highest BCUT2D eigenvalue weighted by Gasteiger charge is 2.13. The Morgan fingerprint density at radius 1 is 1.05 bits per heavy atom. The Hall–Kier alpha value is -1.26. The van der Waals surface area contributed by atoms with Crippen LogP contribution in [-0.4, -0.2) is 13.6 Å². The molecule has 0 amide bonds. The van der Waals surface area contributed by atoms with E-state index in [1.807, 2.05) is 31.3 Å². The van der Waals surface area contributed by atoms with Crippen LogP contribution in [0.2, 0.25) is 0 Å². The van der Waals surface area contributed by atoms with Crippen molar-refractivity contribution >= 4 is 15.9 Å². The average Bonchev–Trinajstić information content (AvgIpc) is 2.38. The minimum atomic E-state index is -0.529. The predicted octanol–water partition coefficient (Wildman–Crippen LogP) is 4.27. The zero-order valence-electron chi connectivity index (χ0n) is 11.2. The van der Waals surface area contributed by atoms with Crippen LogP contribution >= 0.6 is 15.9 Å². The van der Waals surface area contributed by atoms with Crippen molar-refractivity contribution in [2.24, 2.45) is 0 Å². The highest BCUT2D eigenvalue weighted by atomic mass is 79.9. The minimum Gasteiger partial charge on any atom is -0.319 e. The summed E-state index contributed by atoms with van der Waals surface area (Å²) in [6.07, 6.45) is 0.594. The number of halogens is 3. The van der Waals surface area contributed by atoms with Crippen molar-refractivity contribution in [3.63, 3.8) is 0 Å². The maximum Gasteiger partial charge on any atom is 0.126 e. The molecule has 0 aliphatic rings. The standard InChI is InChI=1S/C16H16BrF2N/c1-20-10-13(12-2-4-14(17)5-3-12)6-11-7-15(18)9-16(19)8-11/h2-5,7-9,13,20H,6,10H2,1H3. The minimum absolute atomic E-state index is 0.175. The maximum atomic E-state index is 13.3. The fourth-order valence-corrected chi connectivity index (χ4v) is 2.57. The molecule has 2 aromatic carbocycles. The average molecular weight is 340 g/mol. The molecular formula is C16H16BrF2N. The van der Waals surface area contributed by atoms with Crippen LogP contribution < -0.4 is 5.32 Å². The van der Waals surface area contributed by atoms with Gasteiger partial charge in [-0.05, 0) is 48.9 Å². The Labute approximate surface area is 126 Å². The van der Waals surface area contributed by atoms with E-state index < -0.39 is 11.6 Å². The zero-order chi connectivity index (χ0) is 14.5. The molecule has 2 aromatic rings. The van der Waals surface area contributed by atoms with Crippen molar-refractivity contribution in [1.29, 1.82) is 0 Å². The SMILES string of the molecule is CNCC(Cc1cc(F)cc(F)c1)c1ccc(Br)cc1. The second kappa shape index (κ2) is 6.95. The molecule has 0 aliphatic heterocycles. The first-order valence-electron chi connectivity index (χ1n) is 6.43. The molecule has 0 aromatic heterocycles. The van der Waals surface area contributed by atoms with Crippen LogP contribution in [-0.2, 0) is 6.42 Å². The Morgan fingerprint density at radius 3 is 2.20 bits per heavy atom. The van der Waals surface area contributed by atoms with Gasteiger partial charge in [0.05, 0.1) is 0 Å². The van der Waals surface area contributed by atoms with E-state index in [0.29, 0.717) is 12.0 Å². The van der Waals surface area contributed by atoms with Gasteiger partial charge in [0.2, 0.25) is 0 Å². The van der Waals surface area contributed by atoms with Crippen LogP contribution in [0.1, 0.15) is 17.0 Å². The molecule has 0 fully saturated rings. The van der Waals surface area contributed by atoms with Crippen LogP contribution in [0.25, 0.3) is 0 Å². The van der Waals surface area contributed by atoms with Gasteiger partial charge in [0.1, 0.15) is 11.6 Å². The fourth-order valence-electron chi connectivity index (χ4n) is 2.30. The van der Waals surface area contributed by atoms with Gasteiger partial charge in [-0.3, -0.25) is 0 Å². The van der Waals surface area contributed by atoms with Crippen molar-refractivity contribution < 1.29 is 8.78 Å². The van der Waals surface area contributed by atoms with E-state index in [1.165, 1.54) is 12.1 Å². The third kappa shape index (κ3) is 4.12. The van der Waals surface area contributed by atoms with Gasteiger partial charge in [-0.2, -0.15) is 0 Å². The van der Waals surface area contributed by atoms with Gasteiger partial charge in [0.15, 0.2) is 0 Å². The first-order chi connectivity index (χ1) is 9.58. The summed E-state index contributed by atoms with van der Waals surface area (Å²) < 4.78 is 27.5. The molecular weight excluding hydrogens is 324 g/mol. The van der Waals surface area contributed by atoms with Gasteiger partial charge in [0.25, 0.3) is 0 Å². The third-order valence-electron chi connectivity index (χ3n) is 3.20. The largest absolute Gasteiger partial charge is 0.319 e. The van der Waals surface area contributed by atoms with Crippen LogP contribution in [0.4, 0.5) is 8.78 Å². The molecule has 4 heteroatoms. The molecule has 1 atom stereocenters. The van der Waals surface area contributed by atoms with Gasteiger partial charge >= 0.3 is 0 Å². The van der Waals surface area contributed by atoms with E-state index in [2.05, 4.69) is 21.2 Å². The van der Waals surface area contributed by atoms with Crippen LogP contribution in [0.3, 0.4) is 0 Å². The molecule has 1 unspecified atom stereocenters. The molecule has 20 heavy (non-hydrogen) atoms. The van der Waals surface area contributed by atoms with Gasteiger partial charge in [-0.15, -0.1) is 0 Å². The summed E-state index contributed by atoms with van der Waals surface area (Å²) in [4.78, 5) is 0. The lowest BCUT2D eigenvalue weighted by Crippen LogP contribution is -2.19. The number of likely N-dealkylation sites (N-methyl/N-ethyl adjacent to an activating group) is 1. The normalized spacial score (nSPS) is 12.4. The molecule has 0 bridgehead atoms. The fraction of sp³-hybridized carbons (Fsp3) is 0.250. The smallest absolute Gasteiger partial charge is 0.126 e. The van der Waals surface area contributed by atoms with E-state index in [0.717, 1.165) is 22.6 Å². The quantitative estimate of drug-likeness (QED) is 0.857. The molecule has 0 heterocycles. The molecule has 0 saturated heterocycles. The number of hydrogen-bond donors (Lipinski definition) is 1. The Balaban J connectivity index is 2.22. The van der Waals surface area contributed by atoms with Crippen LogP contribution in [0.5, 0.6) is 0 Å². The Bertz CT molecular complexity index is 549. The van der Waals surface area contributed by atoms with Crippen molar-refractivity contribution in [2.45, 2.75) is 12.3 Å². The highest BCUT2D eigenvalue weighted by molar-refractivity contribution is 9.10. The molecule has 1 nitrogen and oxygen atoms in total. The number of rotatable bonds is 5. The summed E-state index contributed by atoms with van der Waals surface area (Å²) in [7, 11) is 1.87. The molecule has 1 N–H and O–H groups in total. The van der Waals surface area contributed by atoms with Crippen molar-refractivity contribution in [1.82, 2.24) is 5.32 Å². The van der Waals surface area contributed by atoms with E-state index in [1.54, 1.807) is 0 Å². The number of benzene rings is 2. The second-order valence-corrected chi connectivity index (χ2v) is 5.70. The maximum absolute atomic E-state index is 13.3. The second-order valence-electron chi connectivity index (χ2n) is 4.79. The lowest BCUT2D eigenvalue weighted by molar-refractivity contribution is 0.571. The van der Waals surface area contributed by atoms with E-state index in [9.17, 15) is 8.78 Å². The lowest BCUT2D eigenvalue weighted by Gasteiger charge is -2.17. The monoisotopic (exact) mass is 339 g/mol. The molecule has 0 aliphatic carbocycles. The van der Waals surface area contributed by atoms with Gasteiger partial charge in [-0.25, -0.2) is 8.78 Å². The van der Waals surface area contributed by atoms with Crippen molar-refractivity contribution in [3.05, 3.63) is 69.7 Å². The molecule has 106 valence electrons. The summed E-state index contributed by atoms with van der Waals surface area (Å²) >= 11 is 3.40. The predicted molar refractivity (Wildman–Crippen MR) is 80.9 cm³/mol. The van der Waals surface area contributed by atoms with Crippen LogP contribution in [0, 0.1) is 11.6 Å². The zero-order valence-corrected chi connectivity index (χ0v) is 12.8. The molecule has 0 spiro atoms. The Kier molecular flexibility index (Phi) is 5.26. The summed E-state index contributed by atoms with van der Waals surface area (Å²) in [5, 5.41) is 3.13. The van der Waals surface area contributed by atoms with Crippen LogP contribution in [0.15, 0.2) is 46.9 Å². The summed E-state index contributed by atoms with van der Waals surface area (Å²) in [5.74, 6) is -0.882. The van der Waals surface area contributed by atoms with Gasteiger partial charge in [-0.1, -0.05) is 28.1 Å². The number of nitrogens with one attached hydrogen (secondary N) is 1. The Morgan fingerprint density at radius 2 is 1.65 bits per heavy atom. The summed E-state index contributed by atoms with van der Waals surface area (Å²) in [5.41, 5.74) is 1.82. The summed E-state index contributed by atoms with van der Waals surface area (Å²) in [6, 6.07) is 11.7. The molecule has 0 saturated carbocycles. The van der Waals surface area contributed by atoms with E-state index in [4.69, 9.17) is 0 Å². The molecule has 0 radical (unpaired) electrons. The van der Waals surface area contributed by atoms with Gasteiger partial charge < -0.3 is 5.32 Å². The topological polar surface area (TPSA) is 12.0 Å². The lowest BCUT2D eigenvalue weighted by atomic mass is 9.92. The highest BCUT2D eigenvalue weighted by Crippen LogP contribution is 2.23. The van der Waals surface area contributed by atoms with Crippen molar-refractivity contribution in [3.8, 4) is 0 Å². The van der Waals surface area contributed by atoms with Crippen molar-refractivity contribution in [2.75, 3.05) is 13.6 Å². The first-order valence-corrected chi connectivity index (χ1v) is 7.23.